The van der Waals surface area contributed by atoms with Gasteiger partial charge in [-0.15, -0.1) is 0 Å². The summed E-state index contributed by atoms with van der Waals surface area (Å²) in [6.45, 7) is 6.75. The molecule has 0 bridgehead atoms. The van der Waals surface area contributed by atoms with Crippen LogP contribution in [0.3, 0.4) is 0 Å². The summed E-state index contributed by atoms with van der Waals surface area (Å²) in [4.78, 5) is 27.2. The molecule has 0 unspecified atom stereocenters. The van der Waals surface area contributed by atoms with E-state index in [2.05, 4.69) is 11.8 Å². The van der Waals surface area contributed by atoms with Crippen LogP contribution in [0, 0.1) is 23.7 Å². The molecule has 1 saturated carbocycles. The van der Waals surface area contributed by atoms with E-state index in [1.165, 1.54) is 6.42 Å². The first-order valence-corrected chi connectivity index (χ1v) is 11.2. The second kappa shape index (κ2) is 6.18. The number of esters is 2. The molecule has 28 heavy (non-hydrogen) atoms. The van der Waals surface area contributed by atoms with E-state index in [0.717, 1.165) is 45.1 Å². The van der Waals surface area contributed by atoms with Crippen LogP contribution in [0.2, 0.25) is 0 Å². The Kier molecular flexibility index (Phi) is 4.16. The van der Waals surface area contributed by atoms with Gasteiger partial charge in [0.25, 0.3) is 0 Å². The van der Waals surface area contributed by atoms with Gasteiger partial charge in [-0.05, 0) is 57.9 Å². The highest BCUT2D eigenvalue weighted by Crippen LogP contribution is 2.64. The van der Waals surface area contributed by atoms with Crippen molar-refractivity contribution in [1.82, 2.24) is 4.90 Å². The number of rotatable bonds is 2. The van der Waals surface area contributed by atoms with Crippen LogP contribution in [0.1, 0.15) is 65.7 Å². The third-order valence-corrected chi connectivity index (χ3v) is 8.81. The van der Waals surface area contributed by atoms with Crippen LogP contribution >= 0.6 is 0 Å². The lowest BCUT2D eigenvalue weighted by molar-refractivity contribution is -0.159. The molecule has 4 aliphatic heterocycles. The molecule has 0 aromatic heterocycles. The Bertz CT molecular complexity index is 692. The second-order valence-corrected chi connectivity index (χ2v) is 10.1. The average Bonchev–Trinajstić information content (AvgIpc) is 3.28. The Morgan fingerprint density at radius 2 is 2.00 bits per heavy atom. The number of carbonyl (C=O) groups is 2. The van der Waals surface area contributed by atoms with Crippen LogP contribution in [0.25, 0.3) is 0 Å². The minimum absolute atomic E-state index is 0.0384. The van der Waals surface area contributed by atoms with Gasteiger partial charge in [0.05, 0.1) is 11.8 Å². The topological polar surface area (TPSA) is 76.1 Å². The molecule has 1 aliphatic carbocycles. The fourth-order valence-corrected chi connectivity index (χ4v) is 7.80. The quantitative estimate of drug-likeness (QED) is 0.728. The summed E-state index contributed by atoms with van der Waals surface area (Å²) < 4.78 is 11.6. The highest BCUT2D eigenvalue weighted by molar-refractivity contribution is 5.82. The van der Waals surface area contributed by atoms with Crippen molar-refractivity contribution in [2.24, 2.45) is 23.7 Å². The highest BCUT2D eigenvalue weighted by Gasteiger charge is 2.75. The molecule has 5 rings (SSSR count). The van der Waals surface area contributed by atoms with E-state index >= 15 is 0 Å². The summed E-state index contributed by atoms with van der Waals surface area (Å²) in [6.07, 6.45) is 6.81. The zero-order valence-corrected chi connectivity index (χ0v) is 17.2. The number of ether oxygens (including phenoxy) is 2. The van der Waals surface area contributed by atoms with Gasteiger partial charge in [0, 0.05) is 17.5 Å². The Balaban J connectivity index is 1.58. The third-order valence-electron chi connectivity index (χ3n) is 8.81. The van der Waals surface area contributed by atoms with Crippen molar-refractivity contribution in [3.8, 4) is 0 Å². The number of carbonyl (C=O) groups excluding carboxylic acids is 2. The molecule has 0 amide bonds. The van der Waals surface area contributed by atoms with Gasteiger partial charge >= 0.3 is 11.9 Å². The Hall–Kier alpha value is -1.14. The maximum Gasteiger partial charge on any atom is 0.338 e. The minimum atomic E-state index is -1.44. The number of cyclic esters (lactones) is 1. The third kappa shape index (κ3) is 2.22. The molecule has 9 atom stereocenters. The first kappa shape index (κ1) is 18.9. The van der Waals surface area contributed by atoms with E-state index in [0.29, 0.717) is 11.8 Å². The lowest BCUT2D eigenvalue weighted by Gasteiger charge is -2.47. The van der Waals surface area contributed by atoms with Gasteiger partial charge in [-0.2, -0.15) is 0 Å². The second-order valence-electron chi connectivity index (χ2n) is 10.1. The molecule has 1 N–H and O–H groups in total. The Morgan fingerprint density at radius 3 is 2.68 bits per heavy atom. The first-order valence-electron chi connectivity index (χ1n) is 11.2. The molecule has 156 valence electrons. The van der Waals surface area contributed by atoms with E-state index in [9.17, 15) is 14.7 Å². The highest BCUT2D eigenvalue weighted by atomic mass is 16.6. The molecule has 6 nitrogen and oxygen atoms in total. The number of fused-ring (bicyclic) bond motifs is 1. The number of hydrogen-bond acceptors (Lipinski definition) is 6. The zero-order chi connectivity index (χ0) is 19.8. The molecule has 0 aromatic carbocycles. The van der Waals surface area contributed by atoms with Crippen LogP contribution in [0.5, 0.6) is 0 Å². The van der Waals surface area contributed by atoms with E-state index in [-0.39, 0.29) is 41.6 Å². The SMILES string of the molecule is CC[C@@H]1[C@H]2OC(=O)[C@](C)(O)[C@H]2[C@]23CC[C@@H]([C@@H]4C[C@@H](C)C(=O)O4)N2CCCC[C@@H]13. The predicted molar refractivity (Wildman–Crippen MR) is 101 cm³/mol. The van der Waals surface area contributed by atoms with Gasteiger partial charge in [-0.1, -0.05) is 20.3 Å². The summed E-state index contributed by atoms with van der Waals surface area (Å²) in [5.74, 6) is -0.0492. The standard InChI is InChI=1S/C22H33NO5/c1-4-13-14-7-5-6-10-23-15(16-11-12(2)19(24)27-16)8-9-22(14,23)18-17(13)28-20(25)21(18,3)26/h12-18,26H,4-11H2,1-3H3/t12-,13+,14+,15+,16+,17-,18+,21-,22-/m1/s1. The molecule has 6 heteroatoms. The summed E-state index contributed by atoms with van der Waals surface area (Å²) in [6, 6.07) is 0.192. The Morgan fingerprint density at radius 1 is 1.21 bits per heavy atom. The monoisotopic (exact) mass is 391 g/mol. The number of hydrogen-bond donors (Lipinski definition) is 1. The normalized spacial score (nSPS) is 53.4. The molecule has 1 spiro atoms. The van der Waals surface area contributed by atoms with Gasteiger partial charge in [-0.25, -0.2) is 4.79 Å². The molecular formula is C22H33NO5. The van der Waals surface area contributed by atoms with Crippen LogP contribution in [0.15, 0.2) is 0 Å². The molecule has 4 saturated heterocycles. The van der Waals surface area contributed by atoms with Crippen molar-refractivity contribution >= 4 is 11.9 Å². The van der Waals surface area contributed by atoms with E-state index in [1.54, 1.807) is 6.92 Å². The minimum Gasteiger partial charge on any atom is -0.460 e. The summed E-state index contributed by atoms with van der Waals surface area (Å²) in [7, 11) is 0. The van der Waals surface area contributed by atoms with Crippen molar-refractivity contribution in [2.75, 3.05) is 6.54 Å². The molecular weight excluding hydrogens is 358 g/mol. The van der Waals surface area contributed by atoms with E-state index in [4.69, 9.17) is 9.47 Å². The fraction of sp³-hybridized carbons (Fsp3) is 0.909. The van der Waals surface area contributed by atoms with Gasteiger partial charge < -0.3 is 14.6 Å². The van der Waals surface area contributed by atoms with Gasteiger partial charge in [0.15, 0.2) is 5.60 Å². The number of aliphatic hydroxyl groups is 1. The smallest absolute Gasteiger partial charge is 0.338 e. The molecule has 0 radical (unpaired) electrons. The summed E-state index contributed by atoms with van der Waals surface area (Å²) in [5.41, 5.74) is -1.66. The maximum absolute atomic E-state index is 12.6. The van der Waals surface area contributed by atoms with Gasteiger partial charge in [-0.3, -0.25) is 9.69 Å². The van der Waals surface area contributed by atoms with Gasteiger partial charge in [0.1, 0.15) is 12.2 Å². The van der Waals surface area contributed by atoms with Gasteiger partial charge in [0.2, 0.25) is 0 Å². The summed E-state index contributed by atoms with van der Waals surface area (Å²) >= 11 is 0. The van der Waals surface area contributed by atoms with Crippen molar-refractivity contribution < 1.29 is 24.2 Å². The summed E-state index contributed by atoms with van der Waals surface area (Å²) in [5, 5.41) is 11.3. The van der Waals surface area contributed by atoms with Crippen LogP contribution in [-0.2, 0) is 19.1 Å². The van der Waals surface area contributed by atoms with Crippen LogP contribution < -0.4 is 0 Å². The van der Waals surface area contributed by atoms with Crippen molar-refractivity contribution in [3.05, 3.63) is 0 Å². The molecule has 4 heterocycles. The first-order chi connectivity index (χ1) is 13.3. The molecule has 5 aliphatic rings. The fourth-order valence-electron chi connectivity index (χ4n) is 7.80. The van der Waals surface area contributed by atoms with Crippen molar-refractivity contribution in [3.63, 3.8) is 0 Å². The Labute approximate surface area is 166 Å². The maximum atomic E-state index is 12.6. The lowest BCUT2D eigenvalue weighted by Crippen LogP contribution is -2.61. The van der Waals surface area contributed by atoms with Crippen LogP contribution in [0.4, 0.5) is 0 Å². The van der Waals surface area contributed by atoms with Crippen molar-refractivity contribution in [2.45, 2.75) is 95.1 Å². The number of nitrogens with zero attached hydrogens (tertiary/aromatic N) is 1. The lowest BCUT2D eigenvalue weighted by atomic mass is 9.70. The largest absolute Gasteiger partial charge is 0.460 e. The van der Waals surface area contributed by atoms with Crippen LogP contribution in [-0.4, -0.2) is 57.9 Å². The van der Waals surface area contributed by atoms with E-state index < -0.39 is 11.6 Å². The van der Waals surface area contributed by atoms with E-state index in [1.807, 2.05) is 6.92 Å². The van der Waals surface area contributed by atoms with Crippen molar-refractivity contribution in [1.29, 1.82) is 0 Å². The average molecular weight is 392 g/mol. The molecule has 0 aromatic rings. The predicted octanol–water partition coefficient (Wildman–Crippen LogP) is 2.27. The molecule has 5 fully saturated rings. The zero-order valence-electron chi connectivity index (χ0n) is 17.2.